The second-order valence-corrected chi connectivity index (χ2v) is 4.54. The van der Waals surface area contributed by atoms with Crippen LogP contribution >= 0.6 is 21.9 Å². The van der Waals surface area contributed by atoms with Gasteiger partial charge in [0, 0.05) is 21.9 Å². The normalized spacial score (nSPS) is 9.31. The van der Waals surface area contributed by atoms with E-state index in [4.69, 9.17) is 15.1 Å². The minimum atomic E-state index is 0.253. The Morgan fingerprint density at radius 2 is 2.19 bits per heavy atom. The van der Waals surface area contributed by atoms with E-state index in [0.29, 0.717) is 12.1 Å². The van der Waals surface area contributed by atoms with Crippen molar-refractivity contribution < 1.29 is 4.18 Å². The topological polar surface area (TPSA) is 81.8 Å². The lowest BCUT2D eigenvalue weighted by Gasteiger charge is -2.02. The second kappa shape index (κ2) is 7.05. The lowest BCUT2D eigenvalue weighted by molar-refractivity contribution is 0.626. The van der Waals surface area contributed by atoms with Crippen LogP contribution in [0.4, 0.5) is 5.69 Å². The van der Waals surface area contributed by atoms with Crippen LogP contribution in [0.25, 0.3) is 10.4 Å². The maximum atomic E-state index is 8.22. The summed E-state index contributed by atoms with van der Waals surface area (Å²) in [5, 5.41) is 10.7. The van der Waals surface area contributed by atoms with Gasteiger partial charge in [0.1, 0.15) is 11.1 Å². The standard InChI is InChI=1S/C9H10N4OS2/c1-2-9(10)14-16-15-8-5-3-7(4-6-8)12-13-11/h3-6,10H,2H2,1H3. The van der Waals surface area contributed by atoms with E-state index in [1.807, 2.05) is 19.1 Å². The van der Waals surface area contributed by atoms with Crippen molar-refractivity contribution in [2.75, 3.05) is 0 Å². The number of rotatable bonds is 5. The number of hydrogen-bond donors (Lipinski definition) is 1. The van der Waals surface area contributed by atoms with Gasteiger partial charge in [0.25, 0.3) is 0 Å². The van der Waals surface area contributed by atoms with E-state index in [9.17, 15) is 0 Å². The van der Waals surface area contributed by atoms with Gasteiger partial charge >= 0.3 is 0 Å². The Kier molecular flexibility index (Phi) is 5.63. The average molecular weight is 254 g/mol. The molecule has 5 nitrogen and oxygen atoms in total. The van der Waals surface area contributed by atoms with Gasteiger partial charge in [0.2, 0.25) is 0 Å². The van der Waals surface area contributed by atoms with Crippen LogP contribution in [-0.4, -0.2) is 5.90 Å². The first kappa shape index (κ1) is 12.8. The molecule has 0 atom stereocenters. The van der Waals surface area contributed by atoms with Crippen molar-refractivity contribution in [3.8, 4) is 0 Å². The molecule has 7 heteroatoms. The SMILES string of the molecule is CCC(=N)OSSc1ccc(N=[N+]=[N-])cc1. The molecule has 0 saturated heterocycles. The molecule has 84 valence electrons. The summed E-state index contributed by atoms with van der Waals surface area (Å²) < 4.78 is 5.05. The Morgan fingerprint density at radius 1 is 1.50 bits per heavy atom. The summed E-state index contributed by atoms with van der Waals surface area (Å²) in [5.41, 5.74) is 8.81. The molecular weight excluding hydrogens is 244 g/mol. The number of hydrogen-bond acceptors (Lipinski definition) is 5. The minimum absolute atomic E-state index is 0.253. The van der Waals surface area contributed by atoms with Gasteiger partial charge in [-0.25, -0.2) is 0 Å². The predicted molar refractivity (Wildman–Crippen MR) is 67.8 cm³/mol. The molecule has 0 radical (unpaired) electrons. The van der Waals surface area contributed by atoms with Crippen LogP contribution in [0.15, 0.2) is 34.3 Å². The van der Waals surface area contributed by atoms with E-state index in [1.165, 1.54) is 10.8 Å². The fourth-order valence-corrected chi connectivity index (χ4v) is 2.25. The van der Waals surface area contributed by atoms with Crippen molar-refractivity contribution in [3.63, 3.8) is 0 Å². The molecule has 0 saturated carbocycles. The highest BCUT2D eigenvalue weighted by Crippen LogP contribution is 2.32. The summed E-state index contributed by atoms with van der Waals surface area (Å²) in [6.07, 6.45) is 0.587. The summed E-state index contributed by atoms with van der Waals surface area (Å²) in [5.74, 6) is 0.253. The Morgan fingerprint density at radius 3 is 2.75 bits per heavy atom. The number of azide groups is 1. The summed E-state index contributed by atoms with van der Waals surface area (Å²) >= 11 is 1.15. The summed E-state index contributed by atoms with van der Waals surface area (Å²) in [4.78, 5) is 3.67. The first-order chi connectivity index (χ1) is 7.76. The van der Waals surface area contributed by atoms with Gasteiger partial charge in [0.05, 0.1) is 0 Å². The monoisotopic (exact) mass is 254 g/mol. The molecule has 1 rings (SSSR count). The molecule has 0 aromatic heterocycles. The Hall–Kier alpha value is -1.30. The molecule has 0 aliphatic heterocycles. The van der Waals surface area contributed by atoms with Crippen molar-refractivity contribution in [1.82, 2.24) is 0 Å². The Labute approximate surface area is 101 Å². The van der Waals surface area contributed by atoms with Crippen LogP contribution in [0.5, 0.6) is 0 Å². The molecule has 0 amide bonds. The second-order valence-electron chi connectivity index (χ2n) is 2.69. The highest BCUT2D eigenvalue weighted by molar-refractivity contribution is 8.75. The summed E-state index contributed by atoms with van der Waals surface area (Å²) in [7, 11) is 1.41. The largest absolute Gasteiger partial charge is 0.399 e. The van der Waals surface area contributed by atoms with Gasteiger partial charge in [-0.3, -0.25) is 5.41 Å². The maximum Gasteiger partial charge on any atom is 0.197 e. The molecule has 16 heavy (non-hydrogen) atoms. The van der Waals surface area contributed by atoms with Crippen molar-refractivity contribution >= 4 is 33.5 Å². The molecule has 0 aliphatic carbocycles. The Bertz CT molecular complexity index is 400. The van der Waals surface area contributed by atoms with Crippen LogP contribution in [0.2, 0.25) is 0 Å². The van der Waals surface area contributed by atoms with Crippen LogP contribution in [0.3, 0.4) is 0 Å². The molecule has 0 aliphatic rings. The molecular formula is C9H10N4OS2. The third-order valence-corrected chi connectivity index (χ3v) is 3.37. The van der Waals surface area contributed by atoms with E-state index in [2.05, 4.69) is 10.0 Å². The molecule has 0 unspecified atom stereocenters. The fraction of sp³-hybridized carbons (Fsp3) is 0.222. The van der Waals surface area contributed by atoms with Gasteiger partial charge in [-0.2, -0.15) is 0 Å². The summed E-state index contributed by atoms with van der Waals surface area (Å²) in [6, 6.07) is 7.13. The van der Waals surface area contributed by atoms with Crippen LogP contribution in [0.1, 0.15) is 13.3 Å². The predicted octanol–water partition coefficient (Wildman–Crippen LogP) is 4.69. The number of benzene rings is 1. The van der Waals surface area contributed by atoms with Gasteiger partial charge in [0.15, 0.2) is 5.90 Å². The van der Waals surface area contributed by atoms with E-state index in [0.717, 1.165) is 16.0 Å². The highest BCUT2D eigenvalue weighted by Gasteiger charge is 1.98. The van der Waals surface area contributed by atoms with Crippen LogP contribution in [-0.2, 0) is 4.18 Å². The highest BCUT2D eigenvalue weighted by atomic mass is 33.1. The van der Waals surface area contributed by atoms with Gasteiger partial charge in [-0.1, -0.05) is 24.2 Å². The van der Waals surface area contributed by atoms with E-state index >= 15 is 0 Å². The van der Waals surface area contributed by atoms with Gasteiger partial charge < -0.3 is 4.18 Å². The molecule has 1 N–H and O–H groups in total. The minimum Gasteiger partial charge on any atom is -0.399 e. The smallest absolute Gasteiger partial charge is 0.197 e. The van der Waals surface area contributed by atoms with E-state index in [1.54, 1.807) is 12.1 Å². The lowest BCUT2D eigenvalue weighted by atomic mass is 10.3. The fourth-order valence-electron chi connectivity index (χ4n) is 0.776. The summed E-state index contributed by atoms with van der Waals surface area (Å²) in [6.45, 7) is 1.86. The van der Waals surface area contributed by atoms with Gasteiger partial charge in [-0.15, -0.1) is 0 Å². The molecule has 0 spiro atoms. The first-order valence-corrected chi connectivity index (χ1v) is 6.57. The van der Waals surface area contributed by atoms with Crippen molar-refractivity contribution in [3.05, 3.63) is 34.7 Å². The van der Waals surface area contributed by atoms with Crippen LogP contribution < -0.4 is 0 Å². The molecule has 1 aromatic carbocycles. The lowest BCUT2D eigenvalue weighted by Crippen LogP contribution is -1.91. The van der Waals surface area contributed by atoms with Gasteiger partial charge in [-0.05, 0) is 28.5 Å². The maximum absolute atomic E-state index is 8.22. The molecule has 1 aromatic rings. The quantitative estimate of drug-likeness (QED) is 0.157. The number of nitrogens with zero attached hydrogens (tertiary/aromatic N) is 3. The first-order valence-electron chi connectivity index (χ1n) is 4.50. The van der Waals surface area contributed by atoms with E-state index < -0.39 is 0 Å². The van der Waals surface area contributed by atoms with Crippen molar-refractivity contribution in [1.29, 1.82) is 5.41 Å². The zero-order valence-corrected chi connectivity index (χ0v) is 10.2. The number of nitrogens with one attached hydrogen (secondary N) is 1. The molecule has 0 fully saturated rings. The zero-order valence-electron chi connectivity index (χ0n) is 8.58. The van der Waals surface area contributed by atoms with Crippen molar-refractivity contribution in [2.24, 2.45) is 5.11 Å². The average Bonchev–Trinajstić information content (AvgIpc) is 2.31. The van der Waals surface area contributed by atoms with Crippen molar-refractivity contribution in [2.45, 2.75) is 18.2 Å². The zero-order chi connectivity index (χ0) is 11.8. The van der Waals surface area contributed by atoms with Crippen LogP contribution in [0, 0.1) is 5.41 Å². The molecule has 0 heterocycles. The third-order valence-electron chi connectivity index (χ3n) is 1.58. The molecule has 0 bridgehead atoms. The van der Waals surface area contributed by atoms with E-state index in [-0.39, 0.29) is 5.90 Å². The Balaban J connectivity index is 2.43. The third kappa shape index (κ3) is 4.48.